The quantitative estimate of drug-likeness (QED) is 0.834. The number of nitrogens with one attached hydrogen (secondary N) is 1. The highest BCUT2D eigenvalue weighted by atomic mass is 32.2. The van der Waals surface area contributed by atoms with Gasteiger partial charge in [-0.3, -0.25) is 0 Å². The molecule has 3 nitrogen and oxygen atoms in total. The van der Waals surface area contributed by atoms with Crippen molar-refractivity contribution in [3.05, 3.63) is 30.3 Å². The van der Waals surface area contributed by atoms with Crippen molar-refractivity contribution in [1.29, 1.82) is 0 Å². The third-order valence-electron chi connectivity index (χ3n) is 3.49. The molecule has 0 radical (unpaired) electrons. The highest BCUT2D eigenvalue weighted by Gasteiger charge is 2.27. The summed E-state index contributed by atoms with van der Waals surface area (Å²) in [6.07, 6.45) is 3.00. The van der Waals surface area contributed by atoms with Crippen LogP contribution in [0.25, 0.3) is 0 Å². The molecule has 1 saturated carbocycles. The third-order valence-corrected chi connectivity index (χ3v) is 4.73. The molecular weight excluding hydrogens is 282 g/mol. The van der Waals surface area contributed by atoms with E-state index in [2.05, 4.69) is 29.6 Å². The first-order valence-electron chi connectivity index (χ1n) is 7.60. The first-order chi connectivity index (χ1) is 9.92. The number of benzene rings is 1. The number of carbonyl (C=O) groups excluding carboxylic acids is 1. The minimum atomic E-state index is -0.425. The fraction of sp³-hybridized carbons (Fsp3) is 0.588. The van der Waals surface area contributed by atoms with Gasteiger partial charge in [0.2, 0.25) is 0 Å². The van der Waals surface area contributed by atoms with Crippen molar-refractivity contribution < 1.29 is 9.53 Å². The first-order valence-corrected chi connectivity index (χ1v) is 8.58. The topological polar surface area (TPSA) is 38.3 Å². The molecule has 0 heterocycles. The molecule has 1 aromatic rings. The zero-order chi connectivity index (χ0) is 15.3. The lowest BCUT2D eigenvalue weighted by atomic mass is 10.1. The Kier molecular flexibility index (Phi) is 5.57. The number of ether oxygens (including phenoxy) is 1. The standard InChI is InChI=1S/C17H25NO2S/c1-17(2,3)20-16(19)18-14-10-9-13(11-14)12-21-15-7-5-4-6-8-15/h4-8,13-14H,9-12H2,1-3H3,(H,18,19)/t13-,14+/m0/s1. The van der Waals surface area contributed by atoms with E-state index in [9.17, 15) is 4.79 Å². The Morgan fingerprint density at radius 1 is 1.29 bits per heavy atom. The second kappa shape index (κ2) is 7.21. The number of alkyl carbamates (subject to hydrolysis) is 1. The summed E-state index contributed by atoms with van der Waals surface area (Å²) in [4.78, 5) is 13.1. The van der Waals surface area contributed by atoms with Crippen molar-refractivity contribution in [2.75, 3.05) is 5.75 Å². The van der Waals surface area contributed by atoms with Gasteiger partial charge in [-0.1, -0.05) is 18.2 Å². The fourth-order valence-electron chi connectivity index (χ4n) is 2.56. The minimum absolute atomic E-state index is 0.265. The van der Waals surface area contributed by atoms with Crippen LogP contribution in [0.3, 0.4) is 0 Å². The van der Waals surface area contributed by atoms with Crippen molar-refractivity contribution in [1.82, 2.24) is 5.32 Å². The second-order valence-corrected chi connectivity index (χ2v) is 7.74. The third kappa shape index (κ3) is 6.00. The monoisotopic (exact) mass is 307 g/mol. The van der Waals surface area contributed by atoms with Gasteiger partial charge in [0.05, 0.1) is 0 Å². The maximum Gasteiger partial charge on any atom is 0.407 e. The molecule has 0 bridgehead atoms. The summed E-state index contributed by atoms with van der Waals surface area (Å²) in [6.45, 7) is 5.67. The molecule has 0 aliphatic heterocycles. The summed E-state index contributed by atoms with van der Waals surface area (Å²) in [5, 5.41) is 2.99. The highest BCUT2D eigenvalue weighted by Crippen LogP contribution is 2.31. The van der Waals surface area contributed by atoms with Gasteiger partial charge in [-0.05, 0) is 58.1 Å². The van der Waals surface area contributed by atoms with E-state index in [1.807, 2.05) is 38.6 Å². The SMILES string of the molecule is CC(C)(C)OC(=O)N[C@@H]1CC[C@H](CSc2ccccc2)C1. The number of rotatable bonds is 4. The van der Waals surface area contributed by atoms with Gasteiger partial charge in [-0.15, -0.1) is 11.8 Å². The second-order valence-electron chi connectivity index (χ2n) is 6.65. The van der Waals surface area contributed by atoms with Gasteiger partial charge in [-0.25, -0.2) is 4.79 Å². The van der Waals surface area contributed by atoms with Crippen LogP contribution in [0, 0.1) is 5.92 Å². The molecule has 1 amide bonds. The molecule has 0 spiro atoms. The average molecular weight is 307 g/mol. The van der Waals surface area contributed by atoms with Crippen molar-refractivity contribution in [3.8, 4) is 0 Å². The van der Waals surface area contributed by atoms with Gasteiger partial charge < -0.3 is 10.1 Å². The summed E-state index contributed by atoms with van der Waals surface area (Å²) in [7, 11) is 0. The van der Waals surface area contributed by atoms with E-state index in [-0.39, 0.29) is 12.1 Å². The molecule has 1 aliphatic carbocycles. The van der Waals surface area contributed by atoms with Gasteiger partial charge in [0.1, 0.15) is 5.60 Å². The summed E-state index contributed by atoms with van der Waals surface area (Å²) in [6, 6.07) is 10.8. The molecule has 0 saturated heterocycles. The van der Waals surface area contributed by atoms with Crippen LogP contribution in [-0.4, -0.2) is 23.5 Å². The van der Waals surface area contributed by atoms with Gasteiger partial charge in [0.15, 0.2) is 0 Å². The van der Waals surface area contributed by atoms with Crippen LogP contribution in [0.15, 0.2) is 35.2 Å². The number of thioether (sulfide) groups is 1. The Morgan fingerprint density at radius 3 is 2.67 bits per heavy atom. The molecule has 1 aromatic carbocycles. The average Bonchev–Trinajstić information content (AvgIpc) is 2.83. The molecule has 2 rings (SSSR count). The molecule has 0 aromatic heterocycles. The Hall–Kier alpha value is -1.16. The zero-order valence-electron chi connectivity index (χ0n) is 13.1. The molecule has 4 heteroatoms. The van der Waals surface area contributed by atoms with Gasteiger partial charge in [0.25, 0.3) is 0 Å². The summed E-state index contributed by atoms with van der Waals surface area (Å²) in [5.74, 6) is 1.80. The Labute approximate surface area is 131 Å². The number of hydrogen-bond donors (Lipinski definition) is 1. The maximum absolute atomic E-state index is 11.8. The van der Waals surface area contributed by atoms with Crippen LogP contribution in [-0.2, 0) is 4.74 Å². The van der Waals surface area contributed by atoms with Crippen LogP contribution in [0.4, 0.5) is 4.79 Å². The normalized spacial score (nSPS) is 22.0. The van der Waals surface area contributed by atoms with E-state index in [0.717, 1.165) is 18.6 Å². The van der Waals surface area contributed by atoms with E-state index in [1.54, 1.807) is 0 Å². The van der Waals surface area contributed by atoms with E-state index in [4.69, 9.17) is 4.74 Å². The predicted octanol–water partition coefficient (Wildman–Crippen LogP) is 4.47. The zero-order valence-corrected chi connectivity index (χ0v) is 13.9. The van der Waals surface area contributed by atoms with E-state index in [0.29, 0.717) is 5.92 Å². The van der Waals surface area contributed by atoms with Crippen LogP contribution in [0.2, 0.25) is 0 Å². The lowest BCUT2D eigenvalue weighted by molar-refractivity contribution is 0.0505. The number of carbonyl (C=O) groups is 1. The lowest BCUT2D eigenvalue weighted by Gasteiger charge is -2.21. The molecule has 21 heavy (non-hydrogen) atoms. The fourth-order valence-corrected chi connectivity index (χ4v) is 3.64. The molecule has 116 valence electrons. The summed E-state index contributed by atoms with van der Waals surface area (Å²) >= 11 is 1.90. The van der Waals surface area contributed by atoms with Gasteiger partial charge in [0, 0.05) is 16.7 Å². The molecule has 1 fully saturated rings. The molecule has 0 unspecified atom stereocenters. The smallest absolute Gasteiger partial charge is 0.407 e. The number of hydrogen-bond acceptors (Lipinski definition) is 3. The Morgan fingerprint density at radius 2 is 2.00 bits per heavy atom. The number of amides is 1. The maximum atomic E-state index is 11.8. The van der Waals surface area contributed by atoms with E-state index in [1.165, 1.54) is 11.3 Å². The molecule has 1 aliphatic rings. The molecule has 2 atom stereocenters. The Balaban J connectivity index is 1.70. The van der Waals surface area contributed by atoms with E-state index < -0.39 is 5.60 Å². The minimum Gasteiger partial charge on any atom is -0.444 e. The van der Waals surface area contributed by atoms with Crippen LogP contribution < -0.4 is 5.32 Å². The van der Waals surface area contributed by atoms with Crippen LogP contribution >= 0.6 is 11.8 Å². The van der Waals surface area contributed by atoms with Crippen molar-refractivity contribution in [3.63, 3.8) is 0 Å². The van der Waals surface area contributed by atoms with Crippen LogP contribution in [0.1, 0.15) is 40.0 Å². The van der Waals surface area contributed by atoms with Crippen molar-refractivity contribution in [2.45, 2.75) is 56.6 Å². The summed E-state index contributed by atoms with van der Waals surface area (Å²) in [5.41, 5.74) is -0.425. The van der Waals surface area contributed by atoms with Gasteiger partial charge in [-0.2, -0.15) is 0 Å². The molecule has 1 N–H and O–H groups in total. The highest BCUT2D eigenvalue weighted by molar-refractivity contribution is 7.99. The largest absolute Gasteiger partial charge is 0.444 e. The van der Waals surface area contributed by atoms with E-state index >= 15 is 0 Å². The predicted molar refractivity (Wildman–Crippen MR) is 87.7 cm³/mol. The van der Waals surface area contributed by atoms with Crippen molar-refractivity contribution in [2.24, 2.45) is 5.92 Å². The van der Waals surface area contributed by atoms with Gasteiger partial charge >= 0.3 is 6.09 Å². The van der Waals surface area contributed by atoms with Crippen molar-refractivity contribution >= 4 is 17.9 Å². The summed E-state index contributed by atoms with van der Waals surface area (Å²) < 4.78 is 5.31. The lowest BCUT2D eigenvalue weighted by Crippen LogP contribution is -2.38. The Bertz CT molecular complexity index is 456. The van der Waals surface area contributed by atoms with Crippen LogP contribution in [0.5, 0.6) is 0 Å². The first kappa shape index (κ1) is 16.2. The molecular formula is C17H25NO2S.